The zero-order valence-electron chi connectivity index (χ0n) is 15.0. The van der Waals surface area contributed by atoms with Crippen molar-refractivity contribution < 1.29 is 14.0 Å². The van der Waals surface area contributed by atoms with E-state index in [0.717, 1.165) is 25.3 Å². The van der Waals surface area contributed by atoms with Gasteiger partial charge < -0.3 is 14.8 Å². The molecule has 1 aliphatic carbocycles. The Kier molecular flexibility index (Phi) is 4.68. The summed E-state index contributed by atoms with van der Waals surface area (Å²) in [6.45, 7) is 2.02. The van der Waals surface area contributed by atoms with E-state index in [9.17, 15) is 18.8 Å². The fourth-order valence-electron chi connectivity index (χ4n) is 3.77. The summed E-state index contributed by atoms with van der Waals surface area (Å²) in [5.74, 6) is -0.557. The fraction of sp³-hybridized carbons (Fsp3) is 0.450. The van der Waals surface area contributed by atoms with Crippen LogP contribution in [0.5, 0.6) is 0 Å². The van der Waals surface area contributed by atoms with Crippen LogP contribution in [0.1, 0.15) is 36.0 Å². The van der Waals surface area contributed by atoms with Gasteiger partial charge in [0, 0.05) is 49.2 Å². The standard InChI is InChI=1S/C20H22FN3O3/c21-14-5-6-17-15(11-14)18(25)16(12-22-17)20(27)24-8-2-7-23(9-10-24)19(26)13-3-1-4-13/h5-6,11-13H,1-4,7-10H2,(H,22,25). The minimum Gasteiger partial charge on any atom is -0.360 e. The summed E-state index contributed by atoms with van der Waals surface area (Å²) >= 11 is 0. The molecule has 1 saturated carbocycles. The average molecular weight is 371 g/mol. The predicted octanol–water partition coefficient (Wildman–Crippen LogP) is 2.14. The average Bonchev–Trinajstić information content (AvgIpc) is 2.87. The third kappa shape index (κ3) is 3.34. The van der Waals surface area contributed by atoms with Gasteiger partial charge in [0.25, 0.3) is 5.91 Å². The van der Waals surface area contributed by atoms with Crippen LogP contribution in [0.3, 0.4) is 0 Å². The van der Waals surface area contributed by atoms with Gasteiger partial charge in [-0.2, -0.15) is 0 Å². The second kappa shape index (κ2) is 7.13. The number of fused-ring (bicyclic) bond motifs is 1. The number of aromatic nitrogens is 1. The fourth-order valence-corrected chi connectivity index (χ4v) is 3.77. The second-order valence-corrected chi connectivity index (χ2v) is 7.32. The number of halogens is 1. The molecule has 1 aliphatic heterocycles. The van der Waals surface area contributed by atoms with E-state index in [-0.39, 0.29) is 28.7 Å². The molecule has 0 radical (unpaired) electrons. The second-order valence-electron chi connectivity index (χ2n) is 7.32. The number of nitrogens with one attached hydrogen (secondary N) is 1. The van der Waals surface area contributed by atoms with Gasteiger partial charge in [-0.05, 0) is 37.5 Å². The van der Waals surface area contributed by atoms with Gasteiger partial charge in [0.05, 0.1) is 0 Å². The van der Waals surface area contributed by atoms with Gasteiger partial charge in [0.2, 0.25) is 11.3 Å². The van der Waals surface area contributed by atoms with Gasteiger partial charge in [-0.1, -0.05) is 6.42 Å². The van der Waals surface area contributed by atoms with Crippen molar-refractivity contribution in [1.29, 1.82) is 0 Å². The molecule has 1 aromatic heterocycles. The topological polar surface area (TPSA) is 73.5 Å². The molecule has 27 heavy (non-hydrogen) atoms. The lowest BCUT2D eigenvalue weighted by Crippen LogP contribution is -2.42. The first-order valence-electron chi connectivity index (χ1n) is 9.43. The maximum Gasteiger partial charge on any atom is 0.259 e. The third-order valence-electron chi connectivity index (χ3n) is 5.62. The highest BCUT2D eigenvalue weighted by Crippen LogP contribution is 2.28. The molecule has 0 atom stereocenters. The monoisotopic (exact) mass is 371 g/mol. The highest BCUT2D eigenvalue weighted by molar-refractivity contribution is 5.97. The lowest BCUT2D eigenvalue weighted by Gasteiger charge is -2.31. The molecule has 142 valence electrons. The van der Waals surface area contributed by atoms with Gasteiger partial charge >= 0.3 is 0 Å². The minimum absolute atomic E-state index is 0.00636. The normalized spacial score (nSPS) is 18.3. The molecule has 2 aromatic rings. The van der Waals surface area contributed by atoms with Gasteiger partial charge in [0.1, 0.15) is 11.4 Å². The van der Waals surface area contributed by atoms with Crippen LogP contribution in [0.2, 0.25) is 0 Å². The smallest absolute Gasteiger partial charge is 0.259 e. The molecule has 1 aromatic carbocycles. The van der Waals surface area contributed by atoms with Gasteiger partial charge in [0.15, 0.2) is 0 Å². The number of carbonyl (C=O) groups is 2. The molecular weight excluding hydrogens is 349 g/mol. The highest BCUT2D eigenvalue weighted by Gasteiger charge is 2.31. The minimum atomic E-state index is -0.516. The zero-order chi connectivity index (χ0) is 19.0. The van der Waals surface area contributed by atoms with Crippen LogP contribution >= 0.6 is 0 Å². The number of H-pyrrole nitrogens is 1. The molecule has 0 spiro atoms. The van der Waals surface area contributed by atoms with E-state index in [0.29, 0.717) is 38.1 Å². The number of amides is 2. The largest absolute Gasteiger partial charge is 0.360 e. The molecular formula is C20H22FN3O3. The van der Waals surface area contributed by atoms with Crippen molar-refractivity contribution in [2.75, 3.05) is 26.2 Å². The molecule has 1 N–H and O–H groups in total. The Bertz CT molecular complexity index is 951. The SMILES string of the molecule is O=C(c1c[nH]c2ccc(F)cc2c1=O)N1CCCN(C(=O)C2CCC2)CC1. The number of pyridine rings is 1. The Labute approximate surface area is 156 Å². The van der Waals surface area contributed by atoms with Gasteiger partial charge in [-0.25, -0.2) is 4.39 Å². The first-order valence-corrected chi connectivity index (χ1v) is 9.43. The number of nitrogens with zero attached hydrogens (tertiary/aromatic N) is 2. The van der Waals surface area contributed by atoms with E-state index >= 15 is 0 Å². The van der Waals surface area contributed by atoms with E-state index in [1.165, 1.54) is 18.3 Å². The number of rotatable bonds is 2. The van der Waals surface area contributed by atoms with Crippen LogP contribution in [0.15, 0.2) is 29.2 Å². The first-order chi connectivity index (χ1) is 13.0. The van der Waals surface area contributed by atoms with Crippen molar-refractivity contribution in [3.05, 3.63) is 46.0 Å². The lowest BCUT2D eigenvalue weighted by atomic mass is 9.84. The number of carbonyl (C=O) groups excluding carboxylic acids is 2. The molecule has 2 amide bonds. The molecule has 1 saturated heterocycles. The van der Waals surface area contributed by atoms with Crippen LogP contribution < -0.4 is 5.43 Å². The van der Waals surface area contributed by atoms with Crippen molar-refractivity contribution in [3.63, 3.8) is 0 Å². The van der Waals surface area contributed by atoms with E-state index in [4.69, 9.17) is 0 Å². The summed E-state index contributed by atoms with van der Waals surface area (Å²) in [6, 6.07) is 3.89. The summed E-state index contributed by atoms with van der Waals surface area (Å²) in [7, 11) is 0. The Morgan fingerprint density at radius 1 is 1.04 bits per heavy atom. The van der Waals surface area contributed by atoms with Crippen molar-refractivity contribution in [2.24, 2.45) is 5.92 Å². The number of hydrogen-bond donors (Lipinski definition) is 1. The Morgan fingerprint density at radius 2 is 1.78 bits per heavy atom. The number of benzene rings is 1. The molecule has 2 aliphatic rings. The van der Waals surface area contributed by atoms with Gasteiger partial charge in [-0.3, -0.25) is 14.4 Å². The predicted molar refractivity (Wildman–Crippen MR) is 99.0 cm³/mol. The van der Waals surface area contributed by atoms with Gasteiger partial charge in [-0.15, -0.1) is 0 Å². The molecule has 0 unspecified atom stereocenters. The van der Waals surface area contributed by atoms with Crippen molar-refractivity contribution in [2.45, 2.75) is 25.7 Å². The summed E-state index contributed by atoms with van der Waals surface area (Å²) in [4.78, 5) is 44.4. The summed E-state index contributed by atoms with van der Waals surface area (Å²) in [5.41, 5.74) is 0.0258. The van der Waals surface area contributed by atoms with Crippen molar-refractivity contribution in [1.82, 2.24) is 14.8 Å². The van der Waals surface area contributed by atoms with Crippen LogP contribution in [0.25, 0.3) is 10.9 Å². The van der Waals surface area contributed by atoms with Crippen molar-refractivity contribution >= 4 is 22.7 Å². The molecule has 6 nitrogen and oxygen atoms in total. The maximum atomic E-state index is 13.5. The van der Waals surface area contributed by atoms with Crippen LogP contribution in [0.4, 0.5) is 4.39 Å². The van der Waals surface area contributed by atoms with E-state index in [1.54, 1.807) is 4.90 Å². The molecule has 4 rings (SSSR count). The Hall–Kier alpha value is -2.70. The highest BCUT2D eigenvalue weighted by atomic mass is 19.1. The van der Waals surface area contributed by atoms with Crippen molar-refractivity contribution in [3.8, 4) is 0 Å². The molecule has 7 heteroatoms. The molecule has 2 fully saturated rings. The van der Waals surface area contributed by atoms with E-state index < -0.39 is 11.2 Å². The van der Waals surface area contributed by atoms with E-state index in [2.05, 4.69) is 4.98 Å². The summed E-state index contributed by atoms with van der Waals surface area (Å²) in [6.07, 6.45) is 5.11. The lowest BCUT2D eigenvalue weighted by molar-refractivity contribution is -0.138. The Balaban J connectivity index is 1.52. The zero-order valence-corrected chi connectivity index (χ0v) is 15.0. The maximum absolute atomic E-state index is 13.5. The van der Waals surface area contributed by atoms with Crippen LogP contribution in [-0.4, -0.2) is 52.8 Å². The number of hydrogen-bond acceptors (Lipinski definition) is 3. The molecule has 0 bridgehead atoms. The summed E-state index contributed by atoms with van der Waals surface area (Å²) < 4.78 is 13.5. The van der Waals surface area contributed by atoms with Crippen LogP contribution in [0, 0.1) is 11.7 Å². The quantitative estimate of drug-likeness (QED) is 0.879. The number of aromatic amines is 1. The first kappa shape index (κ1) is 17.7. The third-order valence-corrected chi connectivity index (χ3v) is 5.62. The van der Waals surface area contributed by atoms with Crippen LogP contribution in [-0.2, 0) is 4.79 Å². The summed E-state index contributed by atoms with van der Waals surface area (Å²) in [5, 5.41) is 0.164. The Morgan fingerprint density at radius 3 is 2.52 bits per heavy atom. The van der Waals surface area contributed by atoms with E-state index in [1.807, 2.05) is 4.90 Å². The molecule has 2 heterocycles.